The number of anilines is 1. The molecule has 9 nitrogen and oxygen atoms in total. The molecule has 0 bridgehead atoms. The molecule has 0 fully saturated rings. The molecule has 0 aromatic heterocycles. The first kappa shape index (κ1) is 29.9. The van der Waals surface area contributed by atoms with Crippen LogP contribution in [0, 0.1) is 6.92 Å². The van der Waals surface area contributed by atoms with Gasteiger partial charge in [0.15, 0.2) is 0 Å². The van der Waals surface area contributed by atoms with E-state index >= 15 is 0 Å². The average molecular weight is 582 g/mol. The van der Waals surface area contributed by atoms with Gasteiger partial charge in [0, 0.05) is 16.0 Å². The van der Waals surface area contributed by atoms with Gasteiger partial charge in [-0.1, -0.05) is 59.3 Å². The monoisotopic (exact) mass is 581 g/mol. The van der Waals surface area contributed by atoms with E-state index in [1.54, 1.807) is 42.5 Å². The number of azo groups is 1. The van der Waals surface area contributed by atoms with Gasteiger partial charge in [-0.05, 0) is 48.2 Å². The maximum absolute atomic E-state index is 13.4. The van der Waals surface area contributed by atoms with Crippen molar-refractivity contribution in [2.24, 2.45) is 10.2 Å². The van der Waals surface area contributed by atoms with Gasteiger partial charge in [-0.25, -0.2) is 0 Å². The Bertz CT molecular complexity index is 1700. The molecular formula is C25H18Cl2N3NaO6S. The van der Waals surface area contributed by atoms with Crippen molar-refractivity contribution in [1.29, 1.82) is 0 Å². The maximum Gasteiger partial charge on any atom is 1.00 e. The van der Waals surface area contributed by atoms with Crippen molar-refractivity contribution in [2.45, 2.75) is 11.8 Å². The quantitative estimate of drug-likeness (QED) is 0.203. The summed E-state index contributed by atoms with van der Waals surface area (Å²) in [6.07, 6.45) is 0. The molecule has 0 atom stereocenters. The van der Waals surface area contributed by atoms with E-state index in [0.717, 1.165) is 6.07 Å². The van der Waals surface area contributed by atoms with E-state index in [2.05, 4.69) is 15.5 Å². The van der Waals surface area contributed by atoms with Crippen molar-refractivity contribution in [3.63, 3.8) is 0 Å². The second-order valence-corrected chi connectivity index (χ2v) is 10.0. The molecular weight excluding hydrogens is 564 g/mol. The Morgan fingerprint density at radius 2 is 1.76 bits per heavy atom. The first-order valence-corrected chi connectivity index (χ1v) is 12.8. The van der Waals surface area contributed by atoms with E-state index in [1.807, 2.05) is 0 Å². The molecule has 0 saturated heterocycles. The van der Waals surface area contributed by atoms with Crippen molar-refractivity contribution in [3.8, 4) is 11.5 Å². The number of hydrogen-bond donors (Lipinski definition) is 2. The van der Waals surface area contributed by atoms with E-state index in [0.29, 0.717) is 16.5 Å². The van der Waals surface area contributed by atoms with Crippen LogP contribution >= 0.6 is 23.2 Å². The Morgan fingerprint density at radius 1 is 1.05 bits per heavy atom. The van der Waals surface area contributed by atoms with Gasteiger partial charge in [-0.15, -0.1) is 0 Å². The van der Waals surface area contributed by atoms with Crippen molar-refractivity contribution in [3.05, 3.63) is 81.8 Å². The third-order valence-electron chi connectivity index (χ3n) is 5.48. The predicted octanol–water partition coefficient (Wildman–Crippen LogP) is 3.46. The van der Waals surface area contributed by atoms with Crippen molar-refractivity contribution in [2.75, 3.05) is 12.4 Å². The molecule has 0 spiro atoms. The number of hydrogen-bond acceptors (Lipinski definition) is 7. The van der Waals surface area contributed by atoms with Crippen LogP contribution in [0.4, 0.5) is 17.1 Å². The third-order valence-corrected chi connectivity index (χ3v) is 7.07. The Morgan fingerprint density at radius 3 is 2.45 bits per heavy atom. The normalized spacial score (nSPS) is 11.4. The molecule has 4 rings (SSSR count). The average Bonchev–Trinajstić information content (AvgIpc) is 2.85. The van der Waals surface area contributed by atoms with E-state index in [9.17, 15) is 22.9 Å². The van der Waals surface area contributed by atoms with E-state index in [-0.39, 0.29) is 67.8 Å². The first-order valence-electron chi connectivity index (χ1n) is 10.6. The molecule has 4 aromatic carbocycles. The maximum atomic E-state index is 13.4. The smallest absolute Gasteiger partial charge is 0.870 e. The molecule has 0 heterocycles. The zero-order chi connectivity index (χ0) is 26.9. The van der Waals surface area contributed by atoms with E-state index in [1.165, 1.54) is 26.2 Å². The number of nitrogens with one attached hydrogen (secondary N) is 1. The van der Waals surface area contributed by atoms with Crippen LogP contribution in [0.15, 0.2) is 75.8 Å². The topological polar surface area (TPSA) is 140 Å². The van der Waals surface area contributed by atoms with Crippen LogP contribution in [0.5, 0.6) is 11.5 Å². The summed E-state index contributed by atoms with van der Waals surface area (Å²) in [6, 6.07) is 15.4. The van der Waals surface area contributed by atoms with Gasteiger partial charge in [-0.3, -0.25) is 9.35 Å². The molecule has 0 aliphatic heterocycles. The number of amides is 1. The number of benzene rings is 4. The summed E-state index contributed by atoms with van der Waals surface area (Å²) in [7, 11) is -3.15. The van der Waals surface area contributed by atoms with Gasteiger partial charge in [0.1, 0.15) is 15.7 Å². The number of methoxy groups -OCH3 is 1. The Labute approximate surface area is 250 Å². The van der Waals surface area contributed by atoms with Gasteiger partial charge >= 0.3 is 29.6 Å². The van der Waals surface area contributed by atoms with Crippen LogP contribution in [0.3, 0.4) is 0 Å². The summed E-state index contributed by atoms with van der Waals surface area (Å²) in [6.45, 7) is 1.41. The zero-order valence-corrected chi connectivity index (χ0v) is 24.6. The summed E-state index contributed by atoms with van der Waals surface area (Å²) >= 11 is 12.3. The SMILES string of the molecule is COc1cccc(NC(=O)c2cc3ccccc3c(N=Nc3cc(Cl)cc(S(=O)(=O)O)c3C)c2[O-])c1Cl.[Na+]. The van der Waals surface area contributed by atoms with Crippen LogP contribution in [0.25, 0.3) is 10.8 Å². The zero-order valence-electron chi connectivity index (χ0n) is 20.3. The fourth-order valence-electron chi connectivity index (χ4n) is 3.65. The van der Waals surface area contributed by atoms with Crippen LogP contribution in [-0.4, -0.2) is 26.0 Å². The number of ether oxygens (including phenoxy) is 1. The molecule has 13 heteroatoms. The van der Waals surface area contributed by atoms with Crippen LogP contribution in [-0.2, 0) is 10.1 Å². The molecule has 0 aliphatic rings. The predicted molar refractivity (Wildman–Crippen MR) is 140 cm³/mol. The molecule has 1 amide bonds. The fourth-order valence-corrected chi connectivity index (χ4v) is 4.94. The minimum absolute atomic E-state index is 0. The first-order chi connectivity index (χ1) is 17.5. The largest absolute Gasteiger partial charge is 1.00 e. The second-order valence-electron chi connectivity index (χ2n) is 7.82. The fraction of sp³-hybridized carbons (Fsp3) is 0.0800. The molecule has 190 valence electrons. The summed E-state index contributed by atoms with van der Waals surface area (Å²) < 4.78 is 38.1. The van der Waals surface area contributed by atoms with Crippen LogP contribution in [0.1, 0.15) is 15.9 Å². The molecule has 0 saturated carbocycles. The number of carbonyl (C=O) groups is 1. The number of halogens is 2. The summed E-state index contributed by atoms with van der Waals surface area (Å²) in [4.78, 5) is 12.7. The van der Waals surface area contributed by atoms with Gasteiger partial charge in [0.25, 0.3) is 16.0 Å². The molecule has 0 unspecified atom stereocenters. The van der Waals surface area contributed by atoms with Crippen molar-refractivity contribution >= 4 is 67.1 Å². The molecule has 4 aromatic rings. The standard InChI is InChI=1S/C25H19Cl2N3O6S.Na/c1-13-19(11-15(26)12-21(13)37(33,34)35)29-30-23-16-7-4-3-6-14(16)10-17(24(23)31)25(32)28-18-8-5-9-20(36-2)22(18)27;/h3-12,31H,1-2H3,(H,28,32)(H,33,34,35);/q;+1/p-1. The molecule has 0 aliphatic carbocycles. The Balaban J connectivity index is 0.00000400. The van der Waals surface area contributed by atoms with Crippen LogP contribution < -0.4 is 44.7 Å². The van der Waals surface area contributed by atoms with E-state index in [4.69, 9.17) is 27.9 Å². The number of carbonyl (C=O) groups excluding carboxylic acids is 1. The number of fused-ring (bicyclic) bond motifs is 1. The minimum Gasteiger partial charge on any atom is -0.870 e. The van der Waals surface area contributed by atoms with Gasteiger partial charge in [-0.2, -0.15) is 18.6 Å². The number of nitrogens with zero attached hydrogens (tertiary/aromatic N) is 2. The molecule has 38 heavy (non-hydrogen) atoms. The molecule has 0 radical (unpaired) electrons. The van der Waals surface area contributed by atoms with Crippen molar-refractivity contribution in [1.82, 2.24) is 0 Å². The van der Waals surface area contributed by atoms with Crippen LogP contribution in [0.2, 0.25) is 10.0 Å². The Hall–Kier alpha value is -2.70. The van der Waals surface area contributed by atoms with E-state index < -0.39 is 26.7 Å². The number of rotatable bonds is 6. The van der Waals surface area contributed by atoms with Gasteiger partial charge in [0.05, 0.1) is 24.2 Å². The Kier molecular flexibility index (Phi) is 9.43. The van der Waals surface area contributed by atoms with Gasteiger partial charge in [0.2, 0.25) is 0 Å². The summed E-state index contributed by atoms with van der Waals surface area (Å²) in [5.41, 5.74) is -0.0228. The minimum atomic E-state index is -4.58. The molecule has 2 N–H and O–H groups in total. The van der Waals surface area contributed by atoms with Crippen molar-refractivity contribution < 1.29 is 57.2 Å². The summed E-state index contributed by atoms with van der Waals surface area (Å²) in [5, 5.41) is 25.2. The van der Waals surface area contributed by atoms with Gasteiger partial charge < -0.3 is 15.2 Å². The summed E-state index contributed by atoms with van der Waals surface area (Å²) in [5.74, 6) is -1.10. The third kappa shape index (κ3) is 6.13. The second kappa shape index (κ2) is 12.0.